The Morgan fingerprint density at radius 2 is 2.00 bits per heavy atom. The fourth-order valence-electron chi connectivity index (χ4n) is 4.18. The van der Waals surface area contributed by atoms with Gasteiger partial charge in [0.1, 0.15) is 12.1 Å². The molecule has 4 rings (SSSR count). The first-order valence-corrected chi connectivity index (χ1v) is 11.1. The summed E-state index contributed by atoms with van der Waals surface area (Å²) in [6.45, 7) is 1.39. The normalized spacial score (nSPS) is 14.2. The molecule has 0 unspecified atom stereocenters. The number of methoxy groups -OCH3 is 1. The zero-order valence-electron chi connectivity index (χ0n) is 19.7. The number of aromatic nitrogens is 2. The Hall–Kier alpha value is -3.87. The molecule has 0 atom stereocenters. The molecule has 176 valence electrons. The number of hydrogen-bond donors (Lipinski definition) is 2. The SMILES string of the molecule is C#Cc1cccc(N(N)c2ncnc3cc(OC)c(NC(=O)N4CCC(N(C)C)CC4)cc23)c1. The molecule has 1 aromatic heterocycles. The molecule has 2 amide bonds. The van der Waals surface area contributed by atoms with Gasteiger partial charge in [0.05, 0.1) is 24.0 Å². The van der Waals surface area contributed by atoms with E-state index in [0.29, 0.717) is 58.5 Å². The van der Waals surface area contributed by atoms with Crippen molar-refractivity contribution in [3.63, 3.8) is 0 Å². The van der Waals surface area contributed by atoms with E-state index in [1.807, 2.05) is 23.1 Å². The van der Waals surface area contributed by atoms with Gasteiger partial charge in [-0.1, -0.05) is 12.0 Å². The van der Waals surface area contributed by atoms with Crippen molar-refractivity contribution in [2.24, 2.45) is 5.84 Å². The quantitative estimate of drug-likeness (QED) is 0.343. The zero-order valence-corrected chi connectivity index (χ0v) is 19.7. The lowest BCUT2D eigenvalue weighted by atomic mass is 10.0. The number of nitrogens with two attached hydrogens (primary N) is 1. The van der Waals surface area contributed by atoms with Crippen molar-refractivity contribution in [3.05, 3.63) is 48.3 Å². The number of rotatable bonds is 5. The second-order valence-electron chi connectivity index (χ2n) is 8.44. The highest BCUT2D eigenvalue weighted by Crippen LogP contribution is 2.35. The monoisotopic (exact) mass is 459 g/mol. The third kappa shape index (κ3) is 4.73. The molecule has 3 N–H and O–H groups in total. The Labute approximate surface area is 199 Å². The summed E-state index contributed by atoms with van der Waals surface area (Å²) in [5, 5.41) is 5.12. The molecule has 1 saturated heterocycles. The minimum Gasteiger partial charge on any atom is -0.494 e. The van der Waals surface area contributed by atoms with E-state index < -0.39 is 0 Å². The summed E-state index contributed by atoms with van der Waals surface area (Å²) in [4.78, 5) is 25.8. The van der Waals surface area contributed by atoms with Crippen LogP contribution in [-0.2, 0) is 0 Å². The molecule has 0 saturated carbocycles. The molecule has 0 aliphatic carbocycles. The number of urea groups is 1. The van der Waals surface area contributed by atoms with Gasteiger partial charge in [-0.2, -0.15) is 0 Å². The number of likely N-dealkylation sites (tertiary alicyclic amines) is 1. The Bertz CT molecular complexity index is 1230. The molecule has 1 aliphatic rings. The second-order valence-corrected chi connectivity index (χ2v) is 8.44. The minimum atomic E-state index is -0.167. The van der Waals surface area contributed by atoms with Gasteiger partial charge in [-0.05, 0) is 51.2 Å². The van der Waals surface area contributed by atoms with Crippen LogP contribution in [0, 0.1) is 12.3 Å². The van der Waals surface area contributed by atoms with Crippen LogP contribution in [-0.4, -0.2) is 66.1 Å². The second kappa shape index (κ2) is 9.95. The van der Waals surface area contributed by atoms with Crippen molar-refractivity contribution < 1.29 is 9.53 Å². The van der Waals surface area contributed by atoms with Gasteiger partial charge in [-0.3, -0.25) is 5.01 Å². The van der Waals surface area contributed by atoms with Crippen molar-refractivity contribution in [1.82, 2.24) is 19.8 Å². The number of piperidine rings is 1. The van der Waals surface area contributed by atoms with Crippen LogP contribution in [0.25, 0.3) is 10.9 Å². The van der Waals surface area contributed by atoms with E-state index in [2.05, 4.69) is 40.2 Å². The van der Waals surface area contributed by atoms with Crippen LogP contribution in [0.3, 0.4) is 0 Å². The predicted molar refractivity (Wildman–Crippen MR) is 134 cm³/mol. The van der Waals surface area contributed by atoms with Crippen LogP contribution in [0.5, 0.6) is 5.75 Å². The van der Waals surface area contributed by atoms with E-state index in [9.17, 15) is 4.79 Å². The molecule has 0 radical (unpaired) electrons. The van der Waals surface area contributed by atoms with Crippen LogP contribution >= 0.6 is 0 Å². The summed E-state index contributed by atoms with van der Waals surface area (Å²) < 4.78 is 5.54. The molecule has 1 aliphatic heterocycles. The van der Waals surface area contributed by atoms with Crippen molar-refractivity contribution in [2.75, 3.05) is 44.6 Å². The third-order valence-corrected chi connectivity index (χ3v) is 6.18. The summed E-state index contributed by atoms with van der Waals surface area (Å²) in [7, 11) is 5.70. The maximum Gasteiger partial charge on any atom is 0.321 e. The maximum atomic E-state index is 13.0. The summed E-state index contributed by atoms with van der Waals surface area (Å²) in [5.74, 6) is 10.0. The summed E-state index contributed by atoms with van der Waals surface area (Å²) in [6, 6.07) is 11.2. The number of nitrogens with one attached hydrogen (secondary N) is 1. The molecule has 34 heavy (non-hydrogen) atoms. The fraction of sp³-hybridized carbons (Fsp3) is 0.320. The number of anilines is 3. The van der Waals surface area contributed by atoms with Crippen molar-refractivity contribution in [3.8, 4) is 18.1 Å². The molecule has 3 aromatic rings. The minimum absolute atomic E-state index is 0.167. The lowest BCUT2D eigenvalue weighted by molar-refractivity contribution is 0.156. The van der Waals surface area contributed by atoms with Crippen LogP contribution in [0.1, 0.15) is 18.4 Å². The summed E-state index contributed by atoms with van der Waals surface area (Å²) >= 11 is 0. The Balaban J connectivity index is 1.64. The molecule has 9 heteroatoms. The van der Waals surface area contributed by atoms with E-state index >= 15 is 0 Å². The van der Waals surface area contributed by atoms with E-state index in [-0.39, 0.29) is 6.03 Å². The largest absolute Gasteiger partial charge is 0.494 e. The van der Waals surface area contributed by atoms with E-state index in [0.717, 1.165) is 12.8 Å². The van der Waals surface area contributed by atoms with Gasteiger partial charge in [-0.25, -0.2) is 20.6 Å². The molecule has 2 heterocycles. The molecule has 9 nitrogen and oxygen atoms in total. The van der Waals surface area contributed by atoms with Gasteiger partial charge in [0.25, 0.3) is 0 Å². The smallest absolute Gasteiger partial charge is 0.321 e. The van der Waals surface area contributed by atoms with E-state index in [4.69, 9.17) is 17.0 Å². The van der Waals surface area contributed by atoms with Gasteiger partial charge in [-0.15, -0.1) is 6.42 Å². The highest BCUT2D eigenvalue weighted by molar-refractivity contribution is 5.99. The third-order valence-electron chi connectivity index (χ3n) is 6.18. The molecule has 0 spiro atoms. The van der Waals surface area contributed by atoms with Gasteiger partial charge >= 0.3 is 6.03 Å². The van der Waals surface area contributed by atoms with Crippen molar-refractivity contribution >= 4 is 34.1 Å². The lowest BCUT2D eigenvalue weighted by Gasteiger charge is -2.35. The molecular formula is C25H29N7O2. The molecule has 0 bridgehead atoms. The highest BCUT2D eigenvalue weighted by atomic mass is 16.5. The number of nitrogens with zero attached hydrogens (tertiary/aromatic N) is 5. The Kier molecular flexibility index (Phi) is 6.82. The van der Waals surface area contributed by atoms with Crippen LogP contribution in [0.15, 0.2) is 42.7 Å². The topological polar surface area (TPSA) is 99.8 Å². The standard InChI is InChI=1S/C25H29N7O2/c1-5-17-7-6-8-19(13-17)32(26)24-20-14-22(23(34-4)15-21(20)27-16-28-24)29-25(33)31-11-9-18(10-12-31)30(2)3/h1,6-8,13-16,18H,9-12,26H2,2-4H3,(H,29,33). The number of terminal acetylenes is 1. The van der Waals surface area contributed by atoms with E-state index in [1.54, 1.807) is 25.3 Å². The first-order chi connectivity index (χ1) is 16.4. The molecular weight excluding hydrogens is 430 g/mol. The van der Waals surface area contributed by atoms with Crippen LogP contribution < -0.4 is 20.9 Å². The fourth-order valence-corrected chi connectivity index (χ4v) is 4.18. The van der Waals surface area contributed by atoms with Crippen molar-refractivity contribution in [1.29, 1.82) is 0 Å². The van der Waals surface area contributed by atoms with Gasteiger partial charge in [0.15, 0.2) is 5.82 Å². The van der Waals surface area contributed by atoms with Gasteiger partial charge in [0.2, 0.25) is 0 Å². The van der Waals surface area contributed by atoms with E-state index in [1.165, 1.54) is 11.3 Å². The average molecular weight is 460 g/mol. The first-order valence-electron chi connectivity index (χ1n) is 11.1. The first kappa shape index (κ1) is 23.3. The number of ether oxygens (including phenoxy) is 1. The number of carbonyl (C=O) groups excluding carboxylic acids is 1. The maximum absolute atomic E-state index is 13.0. The van der Waals surface area contributed by atoms with Gasteiger partial charge < -0.3 is 19.9 Å². The van der Waals surface area contributed by atoms with Crippen molar-refractivity contribution in [2.45, 2.75) is 18.9 Å². The number of hydrogen-bond acceptors (Lipinski definition) is 7. The number of carbonyl (C=O) groups is 1. The summed E-state index contributed by atoms with van der Waals surface area (Å²) in [6.07, 6.45) is 8.85. The highest BCUT2D eigenvalue weighted by Gasteiger charge is 2.25. The number of amides is 2. The van der Waals surface area contributed by atoms with Crippen LogP contribution in [0.2, 0.25) is 0 Å². The average Bonchev–Trinajstić information content (AvgIpc) is 2.87. The Morgan fingerprint density at radius 1 is 1.24 bits per heavy atom. The molecule has 1 fully saturated rings. The lowest BCUT2D eigenvalue weighted by Crippen LogP contribution is -2.46. The number of fused-ring (bicyclic) bond motifs is 1. The predicted octanol–water partition coefficient (Wildman–Crippen LogP) is 3.19. The van der Waals surface area contributed by atoms with Gasteiger partial charge in [0, 0.05) is 36.1 Å². The van der Waals surface area contributed by atoms with Crippen LogP contribution in [0.4, 0.5) is 22.0 Å². The zero-order chi connectivity index (χ0) is 24.2. The Morgan fingerprint density at radius 3 is 2.68 bits per heavy atom. The number of benzene rings is 2. The molecule has 2 aromatic carbocycles. The summed E-state index contributed by atoms with van der Waals surface area (Å²) in [5.41, 5.74) is 2.55. The number of hydrazine groups is 1.